The van der Waals surface area contributed by atoms with E-state index >= 15 is 0 Å². The number of nitrogens with one attached hydrogen (secondary N) is 1. The number of ether oxygens (including phenoxy) is 1. The third-order valence-corrected chi connectivity index (χ3v) is 5.56. The Balaban J connectivity index is 1.27. The number of hydrogen-bond acceptors (Lipinski definition) is 12. The van der Waals surface area contributed by atoms with E-state index in [2.05, 4.69) is 30.2 Å². The molecule has 1 unspecified atom stereocenters. The maximum absolute atomic E-state index is 12.3. The van der Waals surface area contributed by atoms with Gasteiger partial charge in [-0.1, -0.05) is 0 Å². The molecular formula is C15H16N9O7P. The van der Waals surface area contributed by atoms with Crippen LogP contribution in [0.3, 0.4) is 0 Å². The van der Waals surface area contributed by atoms with Crippen molar-refractivity contribution in [3.05, 3.63) is 35.0 Å². The molecule has 1 saturated heterocycles. The Hall–Kier alpha value is -3.43. The van der Waals surface area contributed by atoms with Crippen LogP contribution in [0.5, 0.6) is 0 Å². The number of nitrogen functional groups attached to an aromatic ring is 1. The Morgan fingerprint density at radius 1 is 1.38 bits per heavy atom. The summed E-state index contributed by atoms with van der Waals surface area (Å²) in [6, 6.07) is 3.21. The molecule has 0 saturated carbocycles. The van der Waals surface area contributed by atoms with Crippen molar-refractivity contribution < 1.29 is 28.5 Å². The molecule has 1 aliphatic rings. The van der Waals surface area contributed by atoms with Gasteiger partial charge in [0.2, 0.25) is 11.6 Å². The zero-order chi connectivity index (χ0) is 22.5. The van der Waals surface area contributed by atoms with Crippen LogP contribution in [0.2, 0.25) is 0 Å². The Kier molecular flexibility index (Phi) is 4.87. The van der Waals surface area contributed by atoms with Crippen molar-refractivity contribution in [1.82, 2.24) is 39.7 Å². The molecule has 32 heavy (non-hydrogen) atoms. The van der Waals surface area contributed by atoms with Crippen LogP contribution in [0.1, 0.15) is 12.6 Å². The maximum Gasteiger partial charge on any atom is 0.548 e. The first-order valence-electron chi connectivity index (χ1n) is 9.20. The molecule has 16 nitrogen and oxygen atoms in total. The number of pyridine rings is 1. The van der Waals surface area contributed by atoms with Gasteiger partial charge >= 0.3 is 7.82 Å². The second-order valence-electron chi connectivity index (χ2n) is 6.86. The van der Waals surface area contributed by atoms with E-state index in [1.807, 2.05) is 0 Å². The number of phosphoric ester groups is 1. The Bertz CT molecular complexity index is 1400. The van der Waals surface area contributed by atoms with Crippen molar-refractivity contribution in [2.45, 2.75) is 24.9 Å². The standard InChI is InChI=1S/C15H16N9O7P/c16-15-19-13-11(14(26)20-15)18-6-23(13)10-4-8(25)9(30-10)5-29-32(27,28)31-24-12-7(21-22-24)2-1-3-17-12/h1-3,6,8-10,25H,4-5H2,(H,27,28)(H3,16,19,20,26)/t8-,9+,10+/m0/s1. The van der Waals surface area contributed by atoms with Gasteiger partial charge in [-0.05, 0) is 22.2 Å². The molecule has 0 bridgehead atoms. The molecular weight excluding hydrogens is 449 g/mol. The molecule has 1 fully saturated rings. The molecule has 4 atom stereocenters. The highest BCUT2D eigenvalue weighted by molar-refractivity contribution is 7.47. The first-order chi connectivity index (χ1) is 15.3. The van der Waals surface area contributed by atoms with Gasteiger partial charge < -0.3 is 15.6 Å². The Morgan fingerprint density at radius 2 is 2.22 bits per heavy atom. The zero-order valence-corrected chi connectivity index (χ0v) is 16.9. The number of fused-ring (bicyclic) bond motifs is 2. The van der Waals surface area contributed by atoms with Gasteiger partial charge in [-0.2, -0.15) is 4.98 Å². The van der Waals surface area contributed by atoms with Gasteiger partial charge in [0.1, 0.15) is 17.8 Å². The summed E-state index contributed by atoms with van der Waals surface area (Å²) in [5, 5.41) is 17.7. The summed E-state index contributed by atoms with van der Waals surface area (Å²) >= 11 is 0. The minimum Gasteiger partial charge on any atom is -0.390 e. The number of nitrogens with two attached hydrogens (primary N) is 1. The number of rotatable bonds is 6. The molecule has 0 aromatic carbocycles. The third kappa shape index (κ3) is 3.69. The van der Waals surface area contributed by atoms with Crippen LogP contribution in [-0.4, -0.2) is 68.5 Å². The molecule has 0 spiro atoms. The first-order valence-corrected chi connectivity index (χ1v) is 10.7. The molecule has 0 amide bonds. The van der Waals surface area contributed by atoms with Crippen molar-refractivity contribution in [2.75, 3.05) is 12.3 Å². The quantitative estimate of drug-likeness (QED) is 0.245. The number of nitrogens with zero attached hydrogens (tertiary/aromatic N) is 7. The lowest BCUT2D eigenvalue weighted by atomic mass is 10.2. The van der Waals surface area contributed by atoms with Crippen LogP contribution in [0.15, 0.2) is 29.5 Å². The minimum atomic E-state index is -4.66. The summed E-state index contributed by atoms with van der Waals surface area (Å²) < 4.78 is 29.3. The number of aromatic nitrogens is 8. The molecule has 0 radical (unpaired) electrons. The van der Waals surface area contributed by atoms with Crippen LogP contribution in [0, 0.1) is 0 Å². The van der Waals surface area contributed by atoms with E-state index in [9.17, 15) is 19.4 Å². The monoisotopic (exact) mass is 465 g/mol. The second-order valence-corrected chi connectivity index (χ2v) is 8.22. The van der Waals surface area contributed by atoms with E-state index in [0.29, 0.717) is 10.4 Å². The SMILES string of the molecule is Nc1nc2c(ncn2[C@H]2C[C@H](O)[C@@H](COP(=O)(O)On3nnc4cccnc43)O2)c(=O)[nH]1. The van der Waals surface area contributed by atoms with Crippen LogP contribution < -0.4 is 15.9 Å². The fraction of sp³-hybridized carbons (Fsp3) is 0.333. The summed E-state index contributed by atoms with van der Waals surface area (Å²) in [6.45, 7) is -0.478. The average Bonchev–Trinajstić information content (AvgIpc) is 3.44. The Labute approximate surface area is 177 Å². The van der Waals surface area contributed by atoms with E-state index in [4.69, 9.17) is 19.6 Å². The lowest BCUT2D eigenvalue weighted by molar-refractivity contribution is -0.0445. The smallest absolute Gasteiger partial charge is 0.390 e. The van der Waals surface area contributed by atoms with E-state index in [0.717, 1.165) is 0 Å². The predicted octanol–water partition coefficient (Wildman–Crippen LogP) is -1.26. The molecule has 1 aliphatic heterocycles. The van der Waals surface area contributed by atoms with Crippen LogP contribution in [-0.2, 0) is 13.8 Å². The first kappa shape index (κ1) is 20.5. The summed E-state index contributed by atoms with van der Waals surface area (Å²) in [6.07, 6.45) is 0.0583. The van der Waals surface area contributed by atoms with E-state index in [1.54, 1.807) is 12.1 Å². The number of H-pyrrole nitrogens is 1. The largest absolute Gasteiger partial charge is 0.548 e. The topological polar surface area (TPSA) is 218 Å². The van der Waals surface area contributed by atoms with Gasteiger partial charge in [-0.3, -0.25) is 28.4 Å². The number of aromatic amines is 1. The van der Waals surface area contributed by atoms with Crippen molar-refractivity contribution in [2.24, 2.45) is 0 Å². The van der Waals surface area contributed by atoms with Crippen LogP contribution in [0.4, 0.5) is 5.95 Å². The van der Waals surface area contributed by atoms with E-state index < -0.39 is 38.4 Å². The van der Waals surface area contributed by atoms with Crippen LogP contribution in [0.25, 0.3) is 22.3 Å². The molecule has 5 rings (SSSR count). The van der Waals surface area contributed by atoms with Gasteiger partial charge in [0, 0.05) is 12.6 Å². The van der Waals surface area contributed by atoms with Gasteiger partial charge in [0.25, 0.3) is 5.56 Å². The van der Waals surface area contributed by atoms with Gasteiger partial charge in [-0.15, -0.1) is 5.10 Å². The molecule has 4 aromatic heterocycles. The summed E-state index contributed by atoms with van der Waals surface area (Å²) in [7, 11) is -4.66. The van der Waals surface area contributed by atoms with Crippen molar-refractivity contribution >= 4 is 36.1 Å². The van der Waals surface area contributed by atoms with Gasteiger partial charge in [0.15, 0.2) is 11.2 Å². The van der Waals surface area contributed by atoms with E-state index in [1.165, 1.54) is 17.1 Å². The molecule has 4 aromatic rings. The lowest BCUT2D eigenvalue weighted by Gasteiger charge is -2.17. The number of hydrogen-bond donors (Lipinski definition) is 4. The zero-order valence-electron chi connectivity index (χ0n) is 16.0. The maximum atomic E-state index is 12.3. The van der Waals surface area contributed by atoms with E-state index in [-0.39, 0.29) is 29.2 Å². The second kappa shape index (κ2) is 7.61. The number of phosphoric acid groups is 1. The van der Waals surface area contributed by atoms with Crippen LogP contribution >= 0.6 is 7.82 Å². The Morgan fingerprint density at radius 3 is 3.06 bits per heavy atom. The fourth-order valence-corrected chi connectivity index (χ4v) is 3.97. The fourth-order valence-electron chi connectivity index (χ4n) is 3.28. The summed E-state index contributed by atoms with van der Waals surface area (Å²) in [5.41, 5.74) is 5.77. The van der Waals surface area contributed by atoms with Crippen molar-refractivity contribution in [3.8, 4) is 0 Å². The molecule has 0 aliphatic carbocycles. The number of anilines is 1. The van der Waals surface area contributed by atoms with Gasteiger partial charge in [-0.25, -0.2) is 14.5 Å². The lowest BCUT2D eigenvalue weighted by Crippen LogP contribution is -2.27. The average molecular weight is 465 g/mol. The summed E-state index contributed by atoms with van der Waals surface area (Å²) in [4.78, 5) is 37.0. The molecule has 168 valence electrons. The van der Waals surface area contributed by atoms with Crippen molar-refractivity contribution in [1.29, 1.82) is 0 Å². The number of aliphatic hydroxyl groups excluding tert-OH is 1. The third-order valence-electron chi connectivity index (χ3n) is 4.73. The van der Waals surface area contributed by atoms with Gasteiger partial charge in [0.05, 0.1) is 19.0 Å². The number of imidazole rings is 1. The molecule has 17 heteroatoms. The predicted molar refractivity (Wildman–Crippen MR) is 105 cm³/mol. The highest BCUT2D eigenvalue weighted by atomic mass is 31.2. The number of aliphatic hydroxyl groups is 1. The molecule has 5 heterocycles. The normalized spacial score (nSPS) is 23.0. The minimum absolute atomic E-state index is 0.0546. The van der Waals surface area contributed by atoms with Crippen molar-refractivity contribution in [3.63, 3.8) is 0 Å². The highest BCUT2D eigenvalue weighted by Crippen LogP contribution is 2.41. The summed E-state index contributed by atoms with van der Waals surface area (Å²) in [5.74, 6) is -0.101. The highest BCUT2D eigenvalue weighted by Gasteiger charge is 2.38. The molecule has 5 N–H and O–H groups in total.